The standard InChI is InChI=1S/C11H19ClN4/c1-4-16(5-2)8-9(3)15-11-13-6-10(12)7-14-11/h6-7,9H,4-5,8H2,1-3H3,(H,13,14,15). The Morgan fingerprint density at radius 2 is 1.88 bits per heavy atom. The van der Waals surface area contributed by atoms with Crippen LogP contribution in [0.5, 0.6) is 0 Å². The van der Waals surface area contributed by atoms with Gasteiger partial charge in [-0.3, -0.25) is 0 Å². The Morgan fingerprint density at radius 3 is 2.38 bits per heavy atom. The number of nitrogens with zero attached hydrogens (tertiary/aromatic N) is 3. The van der Waals surface area contributed by atoms with Crippen LogP contribution in [0.4, 0.5) is 5.95 Å². The third-order valence-corrected chi connectivity index (χ3v) is 2.62. The van der Waals surface area contributed by atoms with Crippen LogP contribution in [0.15, 0.2) is 12.4 Å². The molecule has 1 heterocycles. The average molecular weight is 243 g/mol. The minimum Gasteiger partial charge on any atom is -0.350 e. The van der Waals surface area contributed by atoms with Crippen molar-refractivity contribution in [3.8, 4) is 0 Å². The number of hydrogen-bond donors (Lipinski definition) is 1. The molecule has 0 aliphatic rings. The summed E-state index contributed by atoms with van der Waals surface area (Å²) in [5.41, 5.74) is 0. The van der Waals surface area contributed by atoms with Gasteiger partial charge in [-0.25, -0.2) is 9.97 Å². The number of aromatic nitrogens is 2. The zero-order valence-electron chi connectivity index (χ0n) is 10.1. The summed E-state index contributed by atoms with van der Waals surface area (Å²) in [6.45, 7) is 9.55. The minimum atomic E-state index is 0.320. The molecule has 0 amide bonds. The van der Waals surface area contributed by atoms with Gasteiger partial charge in [0.2, 0.25) is 5.95 Å². The fourth-order valence-electron chi connectivity index (χ4n) is 1.52. The Kier molecular flexibility index (Phi) is 5.49. The van der Waals surface area contributed by atoms with Crippen molar-refractivity contribution in [1.29, 1.82) is 0 Å². The smallest absolute Gasteiger partial charge is 0.222 e. The van der Waals surface area contributed by atoms with Crippen molar-refractivity contribution >= 4 is 17.5 Å². The second kappa shape index (κ2) is 6.66. The lowest BCUT2D eigenvalue weighted by atomic mass is 10.3. The lowest BCUT2D eigenvalue weighted by Crippen LogP contribution is -2.35. The zero-order chi connectivity index (χ0) is 12.0. The molecule has 1 aromatic heterocycles. The van der Waals surface area contributed by atoms with E-state index in [1.165, 1.54) is 0 Å². The summed E-state index contributed by atoms with van der Waals surface area (Å²) >= 11 is 5.72. The summed E-state index contributed by atoms with van der Waals surface area (Å²) in [5, 5.41) is 3.80. The molecule has 90 valence electrons. The van der Waals surface area contributed by atoms with Gasteiger partial charge in [-0.1, -0.05) is 25.4 Å². The Labute approximate surface area is 102 Å². The fraction of sp³-hybridized carbons (Fsp3) is 0.636. The molecule has 0 fully saturated rings. The maximum atomic E-state index is 5.72. The van der Waals surface area contributed by atoms with Crippen molar-refractivity contribution in [2.45, 2.75) is 26.8 Å². The molecule has 0 radical (unpaired) electrons. The number of likely N-dealkylation sites (N-methyl/N-ethyl adjacent to an activating group) is 1. The SMILES string of the molecule is CCN(CC)CC(C)Nc1ncc(Cl)cn1. The summed E-state index contributed by atoms with van der Waals surface area (Å²) in [6.07, 6.45) is 3.20. The fourth-order valence-corrected chi connectivity index (χ4v) is 1.62. The summed E-state index contributed by atoms with van der Waals surface area (Å²) in [4.78, 5) is 10.6. The van der Waals surface area contributed by atoms with E-state index in [0.717, 1.165) is 19.6 Å². The van der Waals surface area contributed by atoms with Crippen LogP contribution in [0.1, 0.15) is 20.8 Å². The van der Waals surface area contributed by atoms with E-state index in [4.69, 9.17) is 11.6 Å². The van der Waals surface area contributed by atoms with Crippen LogP contribution in [-0.2, 0) is 0 Å². The van der Waals surface area contributed by atoms with Gasteiger partial charge in [0.15, 0.2) is 0 Å². The van der Waals surface area contributed by atoms with Crippen LogP contribution in [0.3, 0.4) is 0 Å². The number of hydrogen-bond acceptors (Lipinski definition) is 4. The first-order valence-corrected chi connectivity index (χ1v) is 6.00. The molecule has 0 aliphatic carbocycles. The molecule has 1 atom stereocenters. The van der Waals surface area contributed by atoms with Gasteiger partial charge in [0, 0.05) is 12.6 Å². The van der Waals surface area contributed by atoms with E-state index in [2.05, 4.69) is 41.0 Å². The maximum absolute atomic E-state index is 5.72. The van der Waals surface area contributed by atoms with Crippen LogP contribution in [0.2, 0.25) is 5.02 Å². The van der Waals surface area contributed by atoms with E-state index in [-0.39, 0.29) is 0 Å². The highest BCUT2D eigenvalue weighted by molar-refractivity contribution is 6.30. The highest BCUT2D eigenvalue weighted by Gasteiger charge is 2.07. The van der Waals surface area contributed by atoms with Gasteiger partial charge in [0.05, 0.1) is 17.4 Å². The molecular weight excluding hydrogens is 224 g/mol. The lowest BCUT2D eigenvalue weighted by Gasteiger charge is -2.23. The molecular formula is C11H19ClN4. The van der Waals surface area contributed by atoms with E-state index in [1.54, 1.807) is 12.4 Å². The average Bonchev–Trinajstić information content (AvgIpc) is 2.29. The lowest BCUT2D eigenvalue weighted by molar-refractivity contribution is 0.294. The number of nitrogens with one attached hydrogen (secondary N) is 1. The Balaban J connectivity index is 2.44. The van der Waals surface area contributed by atoms with E-state index in [1.807, 2.05) is 0 Å². The third-order valence-electron chi connectivity index (χ3n) is 2.42. The zero-order valence-corrected chi connectivity index (χ0v) is 10.8. The molecule has 0 spiro atoms. The Morgan fingerprint density at radius 1 is 1.31 bits per heavy atom. The quantitative estimate of drug-likeness (QED) is 0.831. The first-order chi connectivity index (χ1) is 7.65. The first kappa shape index (κ1) is 13.2. The number of rotatable bonds is 6. The first-order valence-electron chi connectivity index (χ1n) is 5.62. The van der Waals surface area contributed by atoms with Gasteiger partial charge >= 0.3 is 0 Å². The predicted molar refractivity (Wildman–Crippen MR) is 67.9 cm³/mol. The molecule has 1 N–H and O–H groups in total. The second-order valence-electron chi connectivity index (χ2n) is 3.76. The van der Waals surface area contributed by atoms with Crippen molar-refractivity contribution in [3.63, 3.8) is 0 Å². The molecule has 1 rings (SSSR count). The molecule has 1 aromatic rings. The van der Waals surface area contributed by atoms with Gasteiger partial charge < -0.3 is 10.2 Å². The van der Waals surface area contributed by atoms with Crippen molar-refractivity contribution in [2.75, 3.05) is 25.0 Å². The van der Waals surface area contributed by atoms with E-state index in [9.17, 15) is 0 Å². The maximum Gasteiger partial charge on any atom is 0.222 e. The van der Waals surface area contributed by atoms with E-state index >= 15 is 0 Å². The van der Waals surface area contributed by atoms with Crippen molar-refractivity contribution in [2.24, 2.45) is 0 Å². The van der Waals surface area contributed by atoms with Crippen LogP contribution >= 0.6 is 11.6 Å². The van der Waals surface area contributed by atoms with Gasteiger partial charge in [-0.15, -0.1) is 0 Å². The van der Waals surface area contributed by atoms with Crippen LogP contribution in [-0.4, -0.2) is 40.5 Å². The van der Waals surface area contributed by atoms with Crippen molar-refractivity contribution in [1.82, 2.24) is 14.9 Å². The normalized spacial score (nSPS) is 12.8. The monoisotopic (exact) mass is 242 g/mol. The molecule has 0 saturated heterocycles. The largest absolute Gasteiger partial charge is 0.350 e. The van der Waals surface area contributed by atoms with Gasteiger partial charge in [0.25, 0.3) is 0 Å². The van der Waals surface area contributed by atoms with Gasteiger partial charge in [-0.05, 0) is 20.0 Å². The summed E-state index contributed by atoms with van der Waals surface area (Å²) in [6, 6.07) is 0.320. The second-order valence-corrected chi connectivity index (χ2v) is 4.19. The summed E-state index contributed by atoms with van der Waals surface area (Å²) < 4.78 is 0. The molecule has 0 saturated carbocycles. The molecule has 1 unspecified atom stereocenters. The molecule has 5 heteroatoms. The van der Waals surface area contributed by atoms with Crippen LogP contribution < -0.4 is 5.32 Å². The predicted octanol–water partition coefficient (Wildman–Crippen LogP) is 2.27. The van der Waals surface area contributed by atoms with Crippen molar-refractivity contribution in [3.05, 3.63) is 17.4 Å². The van der Waals surface area contributed by atoms with Crippen molar-refractivity contribution < 1.29 is 0 Å². The van der Waals surface area contributed by atoms with Gasteiger partial charge in [-0.2, -0.15) is 0 Å². The molecule has 0 aliphatic heterocycles. The number of anilines is 1. The Hall–Kier alpha value is -0.870. The number of halogens is 1. The summed E-state index contributed by atoms with van der Waals surface area (Å²) in [7, 11) is 0. The highest BCUT2D eigenvalue weighted by atomic mass is 35.5. The topological polar surface area (TPSA) is 41.0 Å². The molecule has 16 heavy (non-hydrogen) atoms. The Bertz CT molecular complexity index is 297. The van der Waals surface area contributed by atoms with E-state index < -0.39 is 0 Å². The van der Waals surface area contributed by atoms with E-state index in [0.29, 0.717) is 17.0 Å². The molecule has 0 aromatic carbocycles. The van der Waals surface area contributed by atoms with Gasteiger partial charge in [0.1, 0.15) is 0 Å². The third kappa shape index (κ3) is 4.33. The van der Waals surface area contributed by atoms with Crippen LogP contribution in [0, 0.1) is 0 Å². The highest BCUT2D eigenvalue weighted by Crippen LogP contribution is 2.06. The molecule has 4 nitrogen and oxygen atoms in total. The summed E-state index contributed by atoms with van der Waals surface area (Å²) in [5.74, 6) is 0.629. The molecule has 0 bridgehead atoms. The van der Waals surface area contributed by atoms with Crippen LogP contribution in [0.25, 0.3) is 0 Å². The minimum absolute atomic E-state index is 0.320.